The molecule has 1 N–H and O–H groups in total. The van der Waals surface area contributed by atoms with E-state index in [-0.39, 0.29) is 24.0 Å². The second-order valence-corrected chi connectivity index (χ2v) is 7.02. The zero-order valence-corrected chi connectivity index (χ0v) is 19.6. The van der Waals surface area contributed by atoms with E-state index in [0.717, 1.165) is 61.6 Å². The molecule has 0 bridgehead atoms. The van der Waals surface area contributed by atoms with E-state index in [9.17, 15) is 0 Å². The Labute approximate surface area is 193 Å². The summed E-state index contributed by atoms with van der Waals surface area (Å²) in [5.74, 6) is 2.71. The number of hydrogen-bond donors (Lipinski definition) is 1. The molecule has 0 atom stereocenters. The van der Waals surface area contributed by atoms with Gasteiger partial charge in [0, 0.05) is 71.0 Å². The molecular weight excluding hydrogens is 495 g/mol. The van der Waals surface area contributed by atoms with Crippen LogP contribution in [0.5, 0.6) is 0 Å². The molecule has 0 aliphatic carbocycles. The Hall–Kier alpha value is -2.47. The van der Waals surface area contributed by atoms with E-state index in [4.69, 9.17) is 4.52 Å². The van der Waals surface area contributed by atoms with Crippen LogP contribution in [0.25, 0.3) is 5.82 Å². The van der Waals surface area contributed by atoms with Crippen molar-refractivity contribution in [3.63, 3.8) is 0 Å². The number of nitrogens with zero attached hydrogens (tertiary/aromatic N) is 7. The van der Waals surface area contributed by atoms with Crippen molar-refractivity contribution >= 4 is 29.9 Å². The average Bonchev–Trinajstić information content (AvgIpc) is 3.42. The minimum absolute atomic E-state index is 0. The van der Waals surface area contributed by atoms with Gasteiger partial charge in [0.25, 0.3) is 0 Å². The van der Waals surface area contributed by atoms with Gasteiger partial charge in [-0.2, -0.15) is 0 Å². The fourth-order valence-electron chi connectivity index (χ4n) is 3.46. The van der Waals surface area contributed by atoms with Crippen LogP contribution < -0.4 is 5.32 Å². The number of aryl methyl sites for hydroxylation is 1. The fourth-order valence-corrected chi connectivity index (χ4v) is 3.46. The highest BCUT2D eigenvalue weighted by Crippen LogP contribution is 2.10. The van der Waals surface area contributed by atoms with E-state index in [1.807, 2.05) is 43.1 Å². The highest BCUT2D eigenvalue weighted by atomic mass is 127. The van der Waals surface area contributed by atoms with Crippen LogP contribution in [-0.2, 0) is 13.1 Å². The van der Waals surface area contributed by atoms with Gasteiger partial charge in [-0.05, 0) is 18.6 Å². The highest BCUT2D eigenvalue weighted by molar-refractivity contribution is 14.0. The second kappa shape index (κ2) is 10.5. The lowest BCUT2D eigenvalue weighted by molar-refractivity contribution is 0.169. The molecule has 10 heteroatoms. The Balaban J connectivity index is 0.00000256. The van der Waals surface area contributed by atoms with E-state index in [1.165, 1.54) is 0 Å². The number of rotatable bonds is 5. The first-order valence-corrected chi connectivity index (χ1v) is 9.75. The maximum atomic E-state index is 4.92. The molecule has 30 heavy (non-hydrogen) atoms. The van der Waals surface area contributed by atoms with Gasteiger partial charge in [0.2, 0.25) is 0 Å². The van der Waals surface area contributed by atoms with Crippen molar-refractivity contribution in [2.75, 3.05) is 33.2 Å². The van der Waals surface area contributed by atoms with Gasteiger partial charge >= 0.3 is 0 Å². The molecule has 0 unspecified atom stereocenters. The molecule has 160 valence electrons. The predicted octanol–water partition coefficient (Wildman–Crippen LogP) is 2.07. The number of pyridine rings is 1. The van der Waals surface area contributed by atoms with E-state index in [2.05, 4.69) is 41.3 Å². The van der Waals surface area contributed by atoms with E-state index in [0.29, 0.717) is 6.54 Å². The van der Waals surface area contributed by atoms with E-state index < -0.39 is 0 Å². The van der Waals surface area contributed by atoms with Gasteiger partial charge in [-0.25, -0.2) is 9.97 Å². The van der Waals surface area contributed by atoms with Crippen LogP contribution in [0.15, 0.2) is 52.6 Å². The van der Waals surface area contributed by atoms with Crippen molar-refractivity contribution in [2.45, 2.75) is 20.0 Å². The monoisotopic (exact) mass is 522 g/mol. The standard InChI is InChI=1S/C20H26N8O.HI/c1-16-22-6-7-28(16)19-4-3-17(13-23-19)14-24-20(21-2)27-10-8-26(9-11-27)15-18-5-12-29-25-18;/h3-7,12-13H,8-11,14-15H2,1-2H3,(H,21,24);1H. The topological polar surface area (TPSA) is 87.6 Å². The SMILES string of the molecule is CN=C(NCc1ccc(-n2ccnc2C)nc1)N1CCN(Cc2ccon2)CC1.I. The molecule has 0 spiro atoms. The third-order valence-corrected chi connectivity index (χ3v) is 5.09. The number of nitrogens with one attached hydrogen (secondary N) is 1. The summed E-state index contributed by atoms with van der Waals surface area (Å²) < 4.78 is 6.88. The summed E-state index contributed by atoms with van der Waals surface area (Å²) in [5.41, 5.74) is 2.08. The van der Waals surface area contributed by atoms with Crippen LogP contribution in [-0.4, -0.2) is 68.7 Å². The maximum absolute atomic E-state index is 4.92. The molecule has 4 heterocycles. The van der Waals surface area contributed by atoms with Crippen LogP contribution in [0.3, 0.4) is 0 Å². The molecule has 0 aromatic carbocycles. The number of imidazole rings is 1. The smallest absolute Gasteiger partial charge is 0.194 e. The molecule has 1 fully saturated rings. The van der Waals surface area contributed by atoms with Crippen molar-refractivity contribution in [1.82, 2.24) is 34.8 Å². The van der Waals surface area contributed by atoms with Crippen molar-refractivity contribution in [3.8, 4) is 5.82 Å². The average molecular weight is 522 g/mol. The zero-order chi connectivity index (χ0) is 20.1. The third kappa shape index (κ3) is 5.36. The Bertz CT molecular complexity index is 930. The molecule has 3 aromatic heterocycles. The fraction of sp³-hybridized carbons (Fsp3) is 0.400. The first-order valence-electron chi connectivity index (χ1n) is 9.75. The summed E-state index contributed by atoms with van der Waals surface area (Å²) in [4.78, 5) is 17.9. The normalized spacial score (nSPS) is 15.1. The second-order valence-electron chi connectivity index (χ2n) is 7.02. The van der Waals surface area contributed by atoms with Gasteiger partial charge < -0.3 is 14.7 Å². The minimum Gasteiger partial charge on any atom is -0.364 e. The Morgan fingerprint density at radius 2 is 2.00 bits per heavy atom. The number of piperazine rings is 1. The van der Waals surface area contributed by atoms with Crippen molar-refractivity contribution in [2.24, 2.45) is 4.99 Å². The molecule has 0 saturated carbocycles. The number of hydrogen-bond acceptors (Lipinski definition) is 6. The van der Waals surface area contributed by atoms with Crippen molar-refractivity contribution in [1.29, 1.82) is 0 Å². The van der Waals surface area contributed by atoms with Crippen molar-refractivity contribution < 1.29 is 4.52 Å². The number of aromatic nitrogens is 4. The third-order valence-electron chi connectivity index (χ3n) is 5.09. The Morgan fingerprint density at radius 3 is 2.60 bits per heavy atom. The summed E-state index contributed by atoms with van der Waals surface area (Å²) in [6, 6.07) is 6.01. The van der Waals surface area contributed by atoms with E-state index in [1.54, 1.807) is 12.5 Å². The zero-order valence-electron chi connectivity index (χ0n) is 17.2. The predicted molar refractivity (Wildman–Crippen MR) is 125 cm³/mol. The molecule has 1 saturated heterocycles. The quantitative estimate of drug-likeness (QED) is 0.312. The van der Waals surface area contributed by atoms with Crippen LogP contribution in [0.2, 0.25) is 0 Å². The lowest BCUT2D eigenvalue weighted by Gasteiger charge is -2.36. The molecule has 1 aliphatic heterocycles. The van der Waals surface area contributed by atoms with E-state index >= 15 is 0 Å². The first-order chi connectivity index (χ1) is 14.2. The maximum Gasteiger partial charge on any atom is 0.194 e. The highest BCUT2D eigenvalue weighted by Gasteiger charge is 2.20. The van der Waals surface area contributed by atoms with Gasteiger partial charge in [-0.15, -0.1) is 24.0 Å². The van der Waals surface area contributed by atoms with Crippen LogP contribution in [0, 0.1) is 6.92 Å². The Morgan fingerprint density at radius 1 is 1.17 bits per heavy atom. The molecule has 4 rings (SSSR count). The van der Waals surface area contributed by atoms with Crippen LogP contribution in [0.4, 0.5) is 0 Å². The summed E-state index contributed by atoms with van der Waals surface area (Å²) in [5, 5.41) is 7.45. The van der Waals surface area contributed by atoms with Crippen molar-refractivity contribution in [3.05, 3.63) is 60.1 Å². The molecule has 0 radical (unpaired) electrons. The molecule has 3 aromatic rings. The van der Waals surface area contributed by atoms with Crippen LogP contribution >= 0.6 is 24.0 Å². The van der Waals surface area contributed by atoms with Crippen LogP contribution in [0.1, 0.15) is 17.1 Å². The minimum atomic E-state index is 0. The summed E-state index contributed by atoms with van der Waals surface area (Å²) >= 11 is 0. The molecule has 0 amide bonds. The summed E-state index contributed by atoms with van der Waals surface area (Å²) in [6.45, 7) is 7.25. The molecular formula is C20H27IN8O. The first kappa shape index (κ1) is 22.2. The van der Waals surface area contributed by atoms with Gasteiger partial charge in [0.05, 0.1) is 5.69 Å². The van der Waals surface area contributed by atoms with Gasteiger partial charge in [0.1, 0.15) is 17.9 Å². The molecule has 1 aliphatic rings. The number of aliphatic imine (C=N–C) groups is 1. The lowest BCUT2D eigenvalue weighted by Crippen LogP contribution is -2.52. The summed E-state index contributed by atoms with van der Waals surface area (Å²) in [7, 11) is 1.83. The Kier molecular flexibility index (Phi) is 7.80. The molecule has 9 nitrogen and oxygen atoms in total. The van der Waals surface area contributed by atoms with Gasteiger partial charge in [0.15, 0.2) is 5.96 Å². The van der Waals surface area contributed by atoms with Gasteiger partial charge in [-0.1, -0.05) is 11.2 Å². The number of guanidine groups is 1. The lowest BCUT2D eigenvalue weighted by atomic mass is 10.2. The largest absolute Gasteiger partial charge is 0.364 e. The summed E-state index contributed by atoms with van der Waals surface area (Å²) in [6.07, 6.45) is 7.21. The van der Waals surface area contributed by atoms with Gasteiger partial charge in [-0.3, -0.25) is 14.5 Å². The number of halogens is 1.